The zero-order valence-electron chi connectivity index (χ0n) is 12.2. The first-order valence-electron chi connectivity index (χ1n) is 7.81. The van der Waals surface area contributed by atoms with E-state index < -0.39 is 0 Å². The number of carbonyl (C=O) groups excluding carboxylic acids is 1. The normalized spacial score (nSPS) is 29.7. The molecule has 3 rings (SSSR count). The topological polar surface area (TPSA) is 32.8 Å². The standard InChI is InChI=1S/C15H26N2O2/c1-3-19-15(18)13-10-16(2)8-9-17(13)14(11-4-5-11)12-6-7-12/h11-14H,3-10H2,1-2H3. The molecule has 0 radical (unpaired) electrons. The Morgan fingerprint density at radius 2 is 1.84 bits per heavy atom. The van der Waals surface area contributed by atoms with E-state index in [9.17, 15) is 4.79 Å². The van der Waals surface area contributed by atoms with E-state index in [4.69, 9.17) is 4.74 Å². The summed E-state index contributed by atoms with van der Waals surface area (Å²) in [5.41, 5.74) is 0. The van der Waals surface area contributed by atoms with Gasteiger partial charge in [-0.05, 0) is 51.5 Å². The zero-order valence-corrected chi connectivity index (χ0v) is 12.2. The summed E-state index contributed by atoms with van der Waals surface area (Å²) >= 11 is 0. The summed E-state index contributed by atoms with van der Waals surface area (Å²) in [5, 5.41) is 0. The fourth-order valence-corrected chi connectivity index (χ4v) is 3.54. The third kappa shape index (κ3) is 2.95. The predicted molar refractivity (Wildman–Crippen MR) is 73.9 cm³/mol. The Balaban J connectivity index is 1.73. The van der Waals surface area contributed by atoms with Gasteiger partial charge in [0.05, 0.1) is 6.61 Å². The fourth-order valence-electron chi connectivity index (χ4n) is 3.54. The molecule has 2 saturated carbocycles. The van der Waals surface area contributed by atoms with Crippen LogP contribution in [-0.2, 0) is 9.53 Å². The fraction of sp³-hybridized carbons (Fsp3) is 0.933. The third-order valence-corrected chi connectivity index (χ3v) is 4.78. The molecule has 108 valence electrons. The molecule has 4 heteroatoms. The number of rotatable bonds is 5. The SMILES string of the molecule is CCOC(=O)C1CN(C)CCN1C(C1CC1)C1CC1. The number of nitrogens with zero attached hydrogens (tertiary/aromatic N) is 2. The number of ether oxygens (including phenoxy) is 1. The minimum Gasteiger partial charge on any atom is -0.465 e. The number of hydrogen-bond acceptors (Lipinski definition) is 4. The van der Waals surface area contributed by atoms with Gasteiger partial charge in [-0.1, -0.05) is 0 Å². The molecule has 1 aliphatic heterocycles. The number of hydrogen-bond donors (Lipinski definition) is 0. The summed E-state index contributed by atoms with van der Waals surface area (Å²) < 4.78 is 5.30. The first kappa shape index (κ1) is 13.4. The molecule has 0 N–H and O–H groups in total. The van der Waals surface area contributed by atoms with Crippen LogP contribution in [0.2, 0.25) is 0 Å². The Bertz CT molecular complexity index is 327. The van der Waals surface area contributed by atoms with Crippen molar-refractivity contribution in [3.8, 4) is 0 Å². The van der Waals surface area contributed by atoms with Crippen LogP contribution in [0.25, 0.3) is 0 Å². The van der Waals surface area contributed by atoms with Crippen molar-refractivity contribution >= 4 is 5.97 Å². The van der Waals surface area contributed by atoms with Crippen molar-refractivity contribution in [1.29, 1.82) is 0 Å². The van der Waals surface area contributed by atoms with Crippen LogP contribution in [0, 0.1) is 11.8 Å². The maximum Gasteiger partial charge on any atom is 0.324 e. The molecule has 0 aromatic heterocycles. The highest BCUT2D eigenvalue weighted by atomic mass is 16.5. The maximum atomic E-state index is 12.3. The zero-order chi connectivity index (χ0) is 13.4. The second-order valence-corrected chi connectivity index (χ2v) is 6.43. The summed E-state index contributed by atoms with van der Waals surface area (Å²) in [6.07, 6.45) is 5.46. The van der Waals surface area contributed by atoms with Gasteiger partial charge in [-0.25, -0.2) is 0 Å². The summed E-state index contributed by atoms with van der Waals surface area (Å²) in [5.74, 6) is 1.70. The Kier molecular flexibility index (Phi) is 3.81. The number of esters is 1. The van der Waals surface area contributed by atoms with Crippen LogP contribution >= 0.6 is 0 Å². The van der Waals surface area contributed by atoms with Crippen LogP contribution < -0.4 is 0 Å². The highest BCUT2D eigenvalue weighted by molar-refractivity contribution is 5.76. The van der Waals surface area contributed by atoms with Gasteiger partial charge in [0.2, 0.25) is 0 Å². The van der Waals surface area contributed by atoms with Gasteiger partial charge >= 0.3 is 5.97 Å². The number of likely N-dealkylation sites (N-methyl/N-ethyl adjacent to an activating group) is 1. The van der Waals surface area contributed by atoms with Crippen molar-refractivity contribution in [2.45, 2.75) is 44.7 Å². The second kappa shape index (κ2) is 5.41. The molecule has 0 amide bonds. The van der Waals surface area contributed by atoms with E-state index in [1.165, 1.54) is 25.7 Å². The third-order valence-electron chi connectivity index (χ3n) is 4.78. The van der Waals surface area contributed by atoms with Crippen LogP contribution in [0.15, 0.2) is 0 Å². The molecular formula is C15H26N2O2. The largest absolute Gasteiger partial charge is 0.465 e. The molecule has 1 saturated heterocycles. The minimum atomic E-state index is -0.0371. The summed E-state index contributed by atoms with van der Waals surface area (Å²) in [6.45, 7) is 5.32. The lowest BCUT2D eigenvalue weighted by molar-refractivity contribution is -0.154. The molecule has 0 bridgehead atoms. The van der Waals surface area contributed by atoms with E-state index >= 15 is 0 Å². The van der Waals surface area contributed by atoms with Crippen molar-refractivity contribution < 1.29 is 9.53 Å². The average molecular weight is 266 g/mol. The van der Waals surface area contributed by atoms with E-state index in [-0.39, 0.29) is 12.0 Å². The number of carbonyl (C=O) groups is 1. The van der Waals surface area contributed by atoms with Crippen LogP contribution in [0.3, 0.4) is 0 Å². The van der Waals surface area contributed by atoms with Gasteiger partial charge < -0.3 is 9.64 Å². The summed E-state index contributed by atoms with van der Waals surface area (Å²) in [7, 11) is 2.10. The van der Waals surface area contributed by atoms with Crippen LogP contribution in [-0.4, -0.2) is 61.1 Å². The van der Waals surface area contributed by atoms with Crippen molar-refractivity contribution in [2.24, 2.45) is 11.8 Å². The lowest BCUT2D eigenvalue weighted by Crippen LogP contribution is -2.60. The van der Waals surface area contributed by atoms with Gasteiger partial charge in [0.25, 0.3) is 0 Å². The van der Waals surface area contributed by atoms with Crippen LogP contribution in [0.5, 0.6) is 0 Å². The van der Waals surface area contributed by atoms with Crippen molar-refractivity contribution in [3.05, 3.63) is 0 Å². The molecule has 0 aromatic carbocycles. The van der Waals surface area contributed by atoms with E-state index in [2.05, 4.69) is 16.8 Å². The first-order valence-corrected chi connectivity index (χ1v) is 7.81. The molecule has 0 spiro atoms. The Morgan fingerprint density at radius 1 is 1.21 bits per heavy atom. The van der Waals surface area contributed by atoms with E-state index in [0.29, 0.717) is 12.6 Å². The minimum absolute atomic E-state index is 0.0136. The quantitative estimate of drug-likeness (QED) is 0.703. The molecule has 1 atom stereocenters. The van der Waals surface area contributed by atoms with E-state index in [1.807, 2.05) is 6.92 Å². The lowest BCUT2D eigenvalue weighted by Gasteiger charge is -2.43. The molecule has 2 aliphatic carbocycles. The van der Waals surface area contributed by atoms with E-state index in [1.54, 1.807) is 0 Å². The highest BCUT2D eigenvalue weighted by Crippen LogP contribution is 2.48. The molecule has 1 unspecified atom stereocenters. The van der Waals surface area contributed by atoms with Crippen molar-refractivity contribution in [3.63, 3.8) is 0 Å². The summed E-state index contributed by atoms with van der Waals surface area (Å²) in [6, 6.07) is 0.619. The van der Waals surface area contributed by atoms with Crippen molar-refractivity contribution in [1.82, 2.24) is 9.80 Å². The summed E-state index contributed by atoms with van der Waals surface area (Å²) in [4.78, 5) is 17.0. The molecule has 3 aliphatic rings. The monoisotopic (exact) mass is 266 g/mol. The Labute approximate surface area is 116 Å². The first-order chi connectivity index (χ1) is 9.20. The van der Waals surface area contributed by atoms with Gasteiger partial charge in [0.15, 0.2) is 0 Å². The van der Waals surface area contributed by atoms with E-state index in [0.717, 1.165) is 31.5 Å². The smallest absolute Gasteiger partial charge is 0.324 e. The van der Waals surface area contributed by atoms with Crippen molar-refractivity contribution in [2.75, 3.05) is 33.3 Å². The number of piperazine rings is 1. The van der Waals surface area contributed by atoms with Gasteiger partial charge in [-0.15, -0.1) is 0 Å². The molecule has 19 heavy (non-hydrogen) atoms. The van der Waals surface area contributed by atoms with Gasteiger partial charge in [0, 0.05) is 25.7 Å². The predicted octanol–water partition coefficient (Wildman–Crippen LogP) is 1.35. The van der Waals surface area contributed by atoms with Crippen LogP contribution in [0.4, 0.5) is 0 Å². The second-order valence-electron chi connectivity index (χ2n) is 6.43. The molecule has 3 fully saturated rings. The average Bonchev–Trinajstić information content (AvgIpc) is 3.25. The van der Waals surface area contributed by atoms with Gasteiger partial charge in [-0.2, -0.15) is 0 Å². The molecule has 4 nitrogen and oxygen atoms in total. The van der Waals surface area contributed by atoms with Gasteiger partial charge in [-0.3, -0.25) is 9.69 Å². The Hall–Kier alpha value is -0.610. The maximum absolute atomic E-state index is 12.3. The molecule has 1 heterocycles. The van der Waals surface area contributed by atoms with Gasteiger partial charge in [0.1, 0.15) is 6.04 Å². The van der Waals surface area contributed by atoms with Crippen LogP contribution in [0.1, 0.15) is 32.6 Å². The molecule has 0 aromatic rings. The molecular weight excluding hydrogens is 240 g/mol. The lowest BCUT2D eigenvalue weighted by atomic mass is 10.0. The Morgan fingerprint density at radius 3 is 2.37 bits per heavy atom. The highest BCUT2D eigenvalue weighted by Gasteiger charge is 2.48.